The molecule has 0 atom stereocenters. The summed E-state index contributed by atoms with van der Waals surface area (Å²) in [6.45, 7) is 0.0810. The number of pyridine rings is 1. The van der Waals surface area contributed by atoms with Crippen LogP contribution in [0.5, 0.6) is 5.88 Å². The molecule has 0 aromatic carbocycles. The number of aromatic nitrogens is 3. The van der Waals surface area contributed by atoms with E-state index in [2.05, 4.69) is 25.6 Å². The minimum Gasteiger partial charge on any atom is -0.404 e. The number of hydrogen-bond acceptors (Lipinski definition) is 7. The summed E-state index contributed by atoms with van der Waals surface area (Å²) in [7, 11) is 0. The highest BCUT2D eigenvalue weighted by Crippen LogP contribution is 2.28. The van der Waals surface area contributed by atoms with Crippen LogP contribution in [0.1, 0.15) is 0 Å². The molecule has 3 heterocycles. The van der Waals surface area contributed by atoms with E-state index in [0.717, 1.165) is 6.20 Å². The average Bonchev–Trinajstić information content (AvgIpc) is 2.42. The maximum absolute atomic E-state index is 13.5. The number of anilines is 3. The molecule has 0 unspecified atom stereocenters. The van der Waals surface area contributed by atoms with Crippen molar-refractivity contribution in [1.29, 1.82) is 0 Å². The topological polar surface area (TPSA) is 89.0 Å². The van der Waals surface area contributed by atoms with Gasteiger partial charge in [0, 0.05) is 0 Å². The molecule has 0 amide bonds. The van der Waals surface area contributed by atoms with E-state index in [-0.39, 0.29) is 29.3 Å². The maximum atomic E-state index is 13.5. The molecule has 0 spiro atoms. The summed E-state index contributed by atoms with van der Waals surface area (Å²) in [6, 6.07) is 3.23. The zero-order valence-corrected chi connectivity index (χ0v) is 10.6. The number of nitrogens with one attached hydrogen (secondary N) is 2. The second-order valence-electron chi connectivity index (χ2n) is 3.84. The molecule has 7 nitrogen and oxygen atoms in total. The molecule has 0 radical (unpaired) electrons. The van der Waals surface area contributed by atoms with E-state index < -0.39 is 11.8 Å². The van der Waals surface area contributed by atoms with Crippen molar-refractivity contribution >= 4 is 34.9 Å². The molecule has 102 valence electrons. The first-order valence-corrected chi connectivity index (χ1v) is 5.90. The van der Waals surface area contributed by atoms with Gasteiger partial charge in [-0.3, -0.25) is 0 Å². The molecule has 1 aliphatic heterocycles. The van der Waals surface area contributed by atoms with Crippen LogP contribution in [0, 0.1) is 5.82 Å². The Balaban J connectivity index is 1.90. The Hall–Kier alpha value is -2.48. The number of halogens is 2. The Morgan fingerprint density at radius 2 is 2.25 bits per heavy atom. The smallest absolute Gasteiger partial charge is 0.332 e. The van der Waals surface area contributed by atoms with Crippen molar-refractivity contribution < 1.29 is 13.9 Å². The van der Waals surface area contributed by atoms with Gasteiger partial charge in [0.15, 0.2) is 11.6 Å². The molecule has 2 N–H and O–H groups in total. The summed E-state index contributed by atoms with van der Waals surface area (Å²) in [5.41, 5.74) is 0.580. The monoisotopic (exact) mass is 295 g/mol. The van der Waals surface area contributed by atoms with Crippen LogP contribution in [0.4, 0.5) is 21.7 Å². The summed E-state index contributed by atoms with van der Waals surface area (Å²) in [5, 5.41) is 5.38. The molecule has 0 saturated carbocycles. The molecule has 2 aromatic rings. The van der Waals surface area contributed by atoms with E-state index in [0.29, 0.717) is 5.69 Å². The Labute approximate surface area is 117 Å². The highest BCUT2D eigenvalue weighted by molar-refractivity contribution is 6.28. The first kappa shape index (κ1) is 12.5. The Bertz CT molecular complexity index is 697. The van der Waals surface area contributed by atoms with Gasteiger partial charge in [-0.25, -0.2) is 14.2 Å². The Kier molecular flexibility index (Phi) is 3.07. The van der Waals surface area contributed by atoms with Crippen molar-refractivity contribution in [2.45, 2.75) is 0 Å². The largest absolute Gasteiger partial charge is 0.404 e. The second kappa shape index (κ2) is 4.89. The van der Waals surface area contributed by atoms with Crippen molar-refractivity contribution in [1.82, 2.24) is 15.0 Å². The lowest BCUT2D eigenvalue weighted by molar-refractivity contribution is -0.133. The predicted octanol–water partition coefficient (Wildman–Crippen LogP) is 1.74. The van der Waals surface area contributed by atoms with Gasteiger partial charge in [0.1, 0.15) is 12.4 Å². The number of rotatable bonds is 2. The highest BCUT2D eigenvalue weighted by Gasteiger charge is 2.18. The number of esters is 1. The first-order valence-electron chi connectivity index (χ1n) is 5.52. The van der Waals surface area contributed by atoms with Gasteiger partial charge in [0.2, 0.25) is 11.2 Å². The van der Waals surface area contributed by atoms with E-state index in [4.69, 9.17) is 16.3 Å². The van der Waals surface area contributed by atoms with Crippen molar-refractivity contribution in [3.63, 3.8) is 0 Å². The minimum atomic E-state index is -0.677. The van der Waals surface area contributed by atoms with E-state index in [1.54, 1.807) is 12.1 Å². The Morgan fingerprint density at radius 1 is 1.40 bits per heavy atom. The molecule has 20 heavy (non-hydrogen) atoms. The molecule has 0 fully saturated rings. The third-order valence-electron chi connectivity index (χ3n) is 2.46. The van der Waals surface area contributed by atoms with Crippen molar-refractivity contribution in [2.75, 3.05) is 17.2 Å². The summed E-state index contributed by atoms with van der Waals surface area (Å²) in [5.74, 6) is -0.865. The number of ether oxygens (including phenoxy) is 1. The number of hydrogen-bond donors (Lipinski definition) is 2. The molecule has 0 aliphatic carbocycles. The normalized spacial score (nSPS) is 13.2. The van der Waals surface area contributed by atoms with Crippen LogP contribution in [-0.2, 0) is 4.79 Å². The lowest BCUT2D eigenvalue weighted by Gasteiger charge is -2.17. The number of fused-ring (bicyclic) bond motifs is 1. The molecular formula is C11H7ClFN5O2. The highest BCUT2D eigenvalue weighted by atomic mass is 35.5. The quantitative estimate of drug-likeness (QED) is 0.644. The van der Waals surface area contributed by atoms with Crippen LogP contribution in [0.15, 0.2) is 18.3 Å². The molecule has 1 aliphatic rings. The number of carbonyl (C=O) groups is 1. The van der Waals surface area contributed by atoms with Crippen molar-refractivity contribution in [3.05, 3.63) is 29.4 Å². The fourth-order valence-corrected chi connectivity index (χ4v) is 1.72. The molecule has 3 rings (SSSR count). The molecule has 0 saturated heterocycles. The number of nitrogens with zero attached hydrogens (tertiary/aromatic N) is 3. The minimum absolute atomic E-state index is 0.0810. The standard InChI is InChI=1S/C11H7ClFN5O2/c12-11-15-3-5(13)9(18-11)16-7-2-1-6-10(17-7)20-8(19)4-14-6/h1-3,14H,4H2,(H,15,16,17,18). The second-order valence-corrected chi connectivity index (χ2v) is 4.18. The lowest BCUT2D eigenvalue weighted by atomic mass is 10.3. The van der Waals surface area contributed by atoms with Gasteiger partial charge < -0.3 is 15.4 Å². The van der Waals surface area contributed by atoms with Gasteiger partial charge in [-0.05, 0) is 23.7 Å². The predicted molar refractivity (Wildman–Crippen MR) is 68.6 cm³/mol. The molecule has 9 heteroatoms. The zero-order chi connectivity index (χ0) is 14.1. The average molecular weight is 296 g/mol. The van der Waals surface area contributed by atoms with Crippen molar-refractivity contribution in [3.8, 4) is 5.88 Å². The van der Waals surface area contributed by atoms with E-state index in [9.17, 15) is 9.18 Å². The van der Waals surface area contributed by atoms with Crippen LogP contribution in [0.3, 0.4) is 0 Å². The SMILES string of the molecule is O=C1CNc2ccc(Nc3nc(Cl)ncc3F)nc2O1. The van der Waals surface area contributed by atoms with Gasteiger partial charge in [0.05, 0.1) is 11.9 Å². The van der Waals surface area contributed by atoms with E-state index >= 15 is 0 Å². The van der Waals surface area contributed by atoms with Crippen LogP contribution >= 0.6 is 11.6 Å². The molecule has 2 aromatic heterocycles. The van der Waals surface area contributed by atoms with Crippen molar-refractivity contribution in [2.24, 2.45) is 0 Å². The van der Waals surface area contributed by atoms with Gasteiger partial charge >= 0.3 is 5.97 Å². The third kappa shape index (κ3) is 2.45. The molecular weight excluding hydrogens is 289 g/mol. The lowest BCUT2D eigenvalue weighted by Crippen LogP contribution is -2.25. The zero-order valence-electron chi connectivity index (χ0n) is 9.85. The fourth-order valence-electron chi connectivity index (χ4n) is 1.59. The van der Waals surface area contributed by atoms with E-state index in [1.165, 1.54) is 0 Å². The fraction of sp³-hybridized carbons (Fsp3) is 0.0909. The van der Waals surface area contributed by atoms with Gasteiger partial charge in [-0.1, -0.05) is 0 Å². The van der Waals surface area contributed by atoms with Crippen LogP contribution in [-0.4, -0.2) is 27.5 Å². The van der Waals surface area contributed by atoms with Crippen LogP contribution in [0.25, 0.3) is 0 Å². The van der Waals surface area contributed by atoms with E-state index in [1.807, 2.05) is 0 Å². The van der Waals surface area contributed by atoms with Gasteiger partial charge in [-0.15, -0.1) is 0 Å². The molecule has 0 bridgehead atoms. The number of carbonyl (C=O) groups excluding carboxylic acids is 1. The van der Waals surface area contributed by atoms with Crippen LogP contribution in [0.2, 0.25) is 5.28 Å². The maximum Gasteiger partial charge on any atom is 0.332 e. The summed E-state index contributed by atoms with van der Waals surface area (Å²) in [4.78, 5) is 22.4. The first-order chi connectivity index (χ1) is 9.61. The summed E-state index contributed by atoms with van der Waals surface area (Å²) in [6.07, 6.45) is 0.942. The van der Waals surface area contributed by atoms with Gasteiger partial charge in [0.25, 0.3) is 0 Å². The third-order valence-corrected chi connectivity index (χ3v) is 2.64. The van der Waals surface area contributed by atoms with Crippen LogP contribution < -0.4 is 15.4 Å². The summed E-state index contributed by atoms with van der Waals surface area (Å²) < 4.78 is 18.4. The Morgan fingerprint density at radius 3 is 3.10 bits per heavy atom. The van der Waals surface area contributed by atoms with Gasteiger partial charge in [-0.2, -0.15) is 9.97 Å². The summed E-state index contributed by atoms with van der Waals surface area (Å²) >= 11 is 5.59.